The molecule has 0 heterocycles. The number of carbonyl (C=O) groups is 2. The molecule has 0 saturated heterocycles. The maximum Gasteiger partial charge on any atom is 0.416 e. The molecule has 0 radical (unpaired) electrons. The summed E-state index contributed by atoms with van der Waals surface area (Å²) in [5, 5.41) is 14.9. The Balaban J connectivity index is 2.19. The lowest BCUT2D eigenvalue weighted by molar-refractivity contribution is -0.143. The van der Waals surface area contributed by atoms with Crippen molar-refractivity contribution in [2.75, 3.05) is 6.54 Å². The van der Waals surface area contributed by atoms with Gasteiger partial charge in [-0.2, -0.15) is 26.3 Å². The zero-order valence-corrected chi connectivity index (χ0v) is 16.3. The molecular weight excluding hydrogens is 442 g/mol. The van der Waals surface area contributed by atoms with Gasteiger partial charge in [-0.25, -0.2) is 0 Å². The predicted octanol–water partition coefficient (Wildman–Crippen LogP) is 3.99. The van der Waals surface area contributed by atoms with Gasteiger partial charge in [-0.3, -0.25) is 9.59 Å². The van der Waals surface area contributed by atoms with Crippen LogP contribution in [0.5, 0.6) is 0 Å². The summed E-state index contributed by atoms with van der Waals surface area (Å²) >= 11 is 0. The van der Waals surface area contributed by atoms with Crippen molar-refractivity contribution in [2.45, 2.75) is 25.0 Å². The first-order valence-corrected chi connectivity index (χ1v) is 9.06. The highest BCUT2D eigenvalue weighted by Gasteiger charge is 2.37. The maximum absolute atomic E-state index is 13.0. The molecule has 0 bridgehead atoms. The van der Waals surface area contributed by atoms with Crippen molar-refractivity contribution < 1.29 is 41.0 Å². The van der Waals surface area contributed by atoms with Crippen molar-refractivity contribution >= 4 is 11.8 Å². The van der Waals surface area contributed by atoms with Gasteiger partial charge in [-0.15, -0.1) is 0 Å². The number of hydrogen-bond acceptors (Lipinski definition) is 3. The van der Waals surface area contributed by atoms with Crippen molar-refractivity contribution in [3.63, 3.8) is 0 Å². The van der Waals surface area contributed by atoms with Crippen LogP contribution in [0.3, 0.4) is 0 Å². The van der Waals surface area contributed by atoms with Crippen molar-refractivity contribution in [1.82, 2.24) is 10.6 Å². The molecule has 1 unspecified atom stereocenters. The molecule has 5 nitrogen and oxygen atoms in total. The first-order valence-electron chi connectivity index (χ1n) is 9.06. The maximum atomic E-state index is 13.0. The van der Waals surface area contributed by atoms with Gasteiger partial charge in [0, 0.05) is 18.7 Å². The van der Waals surface area contributed by atoms with Crippen molar-refractivity contribution in [1.29, 1.82) is 0 Å². The Morgan fingerprint density at radius 2 is 1.53 bits per heavy atom. The van der Waals surface area contributed by atoms with Gasteiger partial charge in [0.15, 0.2) is 0 Å². The Bertz CT molecular complexity index is 970. The van der Waals surface area contributed by atoms with Crippen LogP contribution in [0.25, 0.3) is 0 Å². The Morgan fingerprint density at radius 1 is 0.969 bits per heavy atom. The van der Waals surface area contributed by atoms with E-state index in [1.54, 1.807) is 6.07 Å². The van der Waals surface area contributed by atoms with Gasteiger partial charge in [-0.1, -0.05) is 24.8 Å². The molecule has 0 aliphatic carbocycles. The van der Waals surface area contributed by atoms with Crippen LogP contribution in [0.4, 0.5) is 26.3 Å². The second-order valence-electron chi connectivity index (χ2n) is 6.64. The molecule has 172 valence electrons. The Labute approximate surface area is 178 Å². The summed E-state index contributed by atoms with van der Waals surface area (Å²) < 4.78 is 77.9. The molecule has 0 fully saturated rings. The van der Waals surface area contributed by atoms with Crippen LogP contribution >= 0.6 is 0 Å². The summed E-state index contributed by atoms with van der Waals surface area (Å²) in [7, 11) is 0. The molecule has 2 aromatic carbocycles. The summed E-state index contributed by atoms with van der Waals surface area (Å²) in [5.74, 6) is -1.23. The van der Waals surface area contributed by atoms with E-state index in [1.807, 2.05) is 0 Å². The van der Waals surface area contributed by atoms with E-state index in [1.165, 1.54) is 18.2 Å². The van der Waals surface area contributed by atoms with E-state index in [4.69, 9.17) is 0 Å². The van der Waals surface area contributed by atoms with Gasteiger partial charge < -0.3 is 15.7 Å². The minimum Gasteiger partial charge on any atom is -0.387 e. The number of halogens is 6. The Hall–Kier alpha value is -3.34. The number of hydrogen-bond donors (Lipinski definition) is 3. The van der Waals surface area contributed by atoms with Crippen molar-refractivity contribution in [2.24, 2.45) is 0 Å². The van der Waals surface area contributed by atoms with Gasteiger partial charge >= 0.3 is 12.4 Å². The van der Waals surface area contributed by atoms with E-state index in [0.29, 0.717) is 17.7 Å². The van der Waals surface area contributed by atoms with Crippen LogP contribution in [0, 0.1) is 0 Å². The van der Waals surface area contributed by atoms with Crippen molar-refractivity contribution in [3.05, 3.63) is 82.9 Å². The fourth-order valence-electron chi connectivity index (χ4n) is 2.72. The quantitative estimate of drug-likeness (QED) is 0.432. The van der Waals surface area contributed by atoms with Crippen LogP contribution in [-0.4, -0.2) is 23.5 Å². The number of nitrogens with one attached hydrogen (secondary N) is 2. The van der Waals surface area contributed by atoms with Crippen LogP contribution < -0.4 is 10.6 Å². The summed E-state index contributed by atoms with van der Waals surface area (Å²) in [6, 6.07) is 6.80. The molecular formula is C21H18F6N2O3. The average molecular weight is 460 g/mol. The van der Waals surface area contributed by atoms with E-state index < -0.39 is 53.5 Å². The number of carbonyl (C=O) groups excluding carboxylic acids is 2. The van der Waals surface area contributed by atoms with E-state index in [9.17, 15) is 41.0 Å². The summed E-state index contributed by atoms with van der Waals surface area (Å²) in [4.78, 5) is 23.8. The second kappa shape index (κ2) is 9.86. The minimum absolute atomic E-state index is 0.0282. The monoisotopic (exact) mass is 460 g/mol. The Morgan fingerprint density at radius 3 is 2.06 bits per heavy atom. The minimum atomic E-state index is -5.06. The fourth-order valence-corrected chi connectivity index (χ4v) is 2.72. The normalized spacial score (nSPS) is 12.7. The van der Waals surface area contributed by atoms with Crippen LogP contribution in [0.1, 0.15) is 38.7 Å². The van der Waals surface area contributed by atoms with Crippen LogP contribution in [-0.2, 0) is 23.7 Å². The molecule has 0 aromatic heterocycles. The van der Waals surface area contributed by atoms with Crippen LogP contribution in [0.2, 0.25) is 0 Å². The standard InChI is InChI=1S/C21H18F6N2O3/c1-2-18(31)28-10-12-5-3-4-6-16(12)19(32)29-11-17(30)13-7-14(20(22,23)24)9-15(8-13)21(25,26)27/h2-9,17,30H,1,10-11H2,(H,28,31)(H,29,32). The lowest BCUT2D eigenvalue weighted by Crippen LogP contribution is -2.30. The summed E-state index contributed by atoms with van der Waals surface area (Å²) in [6.07, 6.45) is -10.9. The summed E-state index contributed by atoms with van der Waals surface area (Å²) in [6.45, 7) is 2.61. The zero-order chi connectivity index (χ0) is 24.1. The van der Waals surface area contributed by atoms with E-state index in [-0.39, 0.29) is 18.2 Å². The number of benzene rings is 2. The van der Waals surface area contributed by atoms with Gasteiger partial charge in [-0.05, 0) is 41.5 Å². The number of aliphatic hydroxyl groups is 1. The summed E-state index contributed by atoms with van der Waals surface area (Å²) in [5.41, 5.74) is -3.30. The van der Waals surface area contributed by atoms with E-state index >= 15 is 0 Å². The molecule has 0 saturated carbocycles. The largest absolute Gasteiger partial charge is 0.416 e. The van der Waals surface area contributed by atoms with Gasteiger partial charge in [0.05, 0.1) is 17.2 Å². The number of amides is 2. The number of alkyl halides is 6. The third-order valence-corrected chi connectivity index (χ3v) is 4.35. The topological polar surface area (TPSA) is 78.4 Å². The molecule has 2 rings (SSSR count). The van der Waals surface area contributed by atoms with Gasteiger partial charge in [0.25, 0.3) is 5.91 Å². The van der Waals surface area contributed by atoms with E-state index in [2.05, 4.69) is 17.2 Å². The molecule has 11 heteroatoms. The van der Waals surface area contributed by atoms with E-state index in [0.717, 1.165) is 6.08 Å². The molecule has 32 heavy (non-hydrogen) atoms. The molecule has 0 aliphatic rings. The molecule has 3 N–H and O–H groups in total. The fraction of sp³-hybridized carbons (Fsp3) is 0.238. The first-order chi connectivity index (χ1) is 14.8. The van der Waals surface area contributed by atoms with Crippen LogP contribution in [0.15, 0.2) is 55.1 Å². The highest BCUT2D eigenvalue weighted by molar-refractivity contribution is 5.96. The predicted molar refractivity (Wildman–Crippen MR) is 102 cm³/mol. The third kappa shape index (κ3) is 6.58. The zero-order valence-electron chi connectivity index (χ0n) is 16.3. The first kappa shape index (κ1) is 24.9. The van der Waals surface area contributed by atoms with Gasteiger partial charge in [0.2, 0.25) is 5.91 Å². The average Bonchev–Trinajstić information content (AvgIpc) is 2.74. The SMILES string of the molecule is C=CC(=O)NCc1ccccc1C(=O)NCC(O)c1cc(C(F)(F)F)cc(C(F)(F)F)c1. The molecule has 2 aromatic rings. The smallest absolute Gasteiger partial charge is 0.387 e. The highest BCUT2D eigenvalue weighted by atomic mass is 19.4. The Kier molecular flexibility index (Phi) is 7.68. The lowest BCUT2D eigenvalue weighted by Gasteiger charge is -2.18. The third-order valence-electron chi connectivity index (χ3n) is 4.35. The van der Waals surface area contributed by atoms with Gasteiger partial charge in [0.1, 0.15) is 0 Å². The molecule has 1 atom stereocenters. The molecule has 2 amide bonds. The molecule has 0 aliphatic heterocycles. The van der Waals surface area contributed by atoms with Crippen molar-refractivity contribution in [3.8, 4) is 0 Å². The lowest BCUT2D eigenvalue weighted by atomic mass is 10.0. The second-order valence-corrected chi connectivity index (χ2v) is 6.64. The number of aliphatic hydroxyl groups excluding tert-OH is 1. The number of rotatable bonds is 7. The highest BCUT2D eigenvalue weighted by Crippen LogP contribution is 2.37. The molecule has 0 spiro atoms.